The third-order valence-corrected chi connectivity index (χ3v) is 7.03. The number of H-pyrrole nitrogens is 1. The minimum absolute atomic E-state index is 0.0107. The number of aliphatic carboxylic acids is 1. The van der Waals surface area contributed by atoms with Crippen molar-refractivity contribution in [2.75, 3.05) is 0 Å². The molecule has 0 radical (unpaired) electrons. The quantitative estimate of drug-likeness (QED) is 0.139. The number of phenols is 1. The van der Waals surface area contributed by atoms with Gasteiger partial charge in [0.2, 0.25) is 17.7 Å². The van der Waals surface area contributed by atoms with Crippen LogP contribution in [-0.4, -0.2) is 68.0 Å². The number of benzene rings is 2. The molecule has 0 aliphatic rings. The van der Waals surface area contributed by atoms with Crippen LogP contribution in [0, 0.1) is 5.92 Å². The van der Waals surface area contributed by atoms with E-state index in [2.05, 4.69) is 25.9 Å². The van der Waals surface area contributed by atoms with Crippen molar-refractivity contribution in [1.82, 2.24) is 25.9 Å². The Morgan fingerprint density at radius 2 is 1.50 bits per heavy atom. The summed E-state index contributed by atoms with van der Waals surface area (Å²) < 4.78 is 0. The highest BCUT2D eigenvalue weighted by Crippen LogP contribution is 2.13. The standard InChI is InChI=1S/C30H38N6O6/c1-3-18(2)26(36-27(38)23(31)13-20-9-11-22(37)12-10-20)29(40)34-24(15-21-16-32-17-33-21)28(39)35-25(30(41)42)14-19-7-5-4-6-8-19/h4-12,16-18,23-26,37H,3,13-15,31H2,1-2H3,(H,32,33)(H,34,40)(H,35,39)(H,36,38)(H,41,42). The van der Waals surface area contributed by atoms with Gasteiger partial charge in [-0.15, -0.1) is 0 Å². The first kappa shape index (κ1) is 31.8. The number of aromatic amines is 1. The van der Waals surface area contributed by atoms with Gasteiger partial charge < -0.3 is 36.9 Å². The topological polar surface area (TPSA) is 200 Å². The van der Waals surface area contributed by atoms with Crippen molar-refractivity contribution in [3.8, 4) is 5.75 Å². The Bertz CT molecular complexity index is 1320. The molecule has 1 aromatic heterocycles. The zero-order chi connectivity index (χ0) is 30.6. The van der Waals surface area contributed by atoms with E-state index >= 15 is 0 Å². The van der Waals surface area contributed by atoms with E-state index in [-0.39, 0.29) is 30.9 Å². The van der Waals surface area contributed by atoms with Gasteiger partial charge in [0, 0.05) is 24.7 Å². The zero-order valence-electron chi connectivity index (χ0n) is 23.6. The molecule has 0 bridgehead atoms. The van der Waals surface area contributed by atoms with Gasteiger partial charge in [0.1, 0.15) is 23.9 Å². The summed E-state index contributed by atoms with van der Waals surface area (Å²) in [5.74, 6) is -3.29. The summed E-state index contributed by atoms with van der Waals surface area (Å²) in [6.07, 6.45) is 3.72. The number of hydrogen-bond donors (Lipinski definition) is 7. The largest absolute Gasteiger partial charge is 0.508 e. The first-order chi connectivity index (χ1) is 20.1. The number of aromatic nitrogens is 2. The fraction of sp³-hybridized carbons (Fsp3) is 0.367. The molecule has 2 aromatic carbocycles. The van der Waals surface area contributed by atoms with Crippen molar-refractivity contribution in [3.05, 3.63) is 83.9 Å². The highest BCUT2D eigenvalue weighted by Gasteiger charge is 2.33. The predicted octanol–water partition coefficient (Wildman–Crippen LogP) is 1.06. The molecule has 1 heterocycles. The minimum Gasteiger partial charge on any atom is -0.508 e. The predicted molar refractivity (Wildman–Crippen MR) is 155 cm³/mol. The van der Waals surface area contributed by atoms with Crippen molar-refractivity contribution in [2.45, 2.75) is 63.7 Å². The second-order valence-electron chi connectivity index (χ2n) is 10.3. The molecule has 42 heavy (non-hydrogen) atoms. The van der Waals surface area contributed by atoms with Crippen LogP contribution in [0.4, 0.5) is 0 Å². The highest BCUT2D eigenvalue weighted by molar-refractivity contribution is 5.94. The molecular weight excluding hydrogens is 540 g/mol. The summed E-state index contributed by atoms with van der Waals surface area (Å²) in [6, 6.07) is 10.8. The van der Waals surface area contributed by atoms with E-state index < -0.39 is 47.9 Å². The SMILES string of the molecule is CCC(C)C(NC(=O)C(N)Cc1ccc(O)cc1)C(=O)NC(Cc1cnc[nH]1)C(=O)NC(Cc1ccccc1)C(=O)O. The fourth-order valence-electron chi connectivity index (χ4n) is 4.35. The summed E-state index contributed by atoms with van der Waals surface area (Å²) >= 11 is 0. The average Bonchev–Trinajstić information content (AvgIpc) is 3.49. The van der Waals surface area contributed by atoms with Gasteiger partial charge in [0.15, 0.2) is 0 Å². The summed E-state index contributed by atoms with van der Waals surface area (Å²) in [5, 5.41) is 27.2. The molecule has 3 aromatic rings. The number of imidazole rings is 1. The highest BCUT2D eigenvalue weighted by atomic mass is 16.4. The van der Waals surface area contributed by atoms with E-state index in [1.54, 1.807) is 49.4 Å². The van der Waals surface area contributed by atoms with Gasteiger partial charge in [0.05, 0.1) is 12.4 Å². The normalized spacial score (nSPS) is 14.5. The summed E-state index contributed by atoms with van der Waals surface area (Å²) in [4.78, 5) is 58.7. The van der Waals surface area contributed by atoms with Crippen LogP contribution >= 0.6 is 0 Å². The van der Waals surface area contributed by atoms with Crippen LogP contribution in [0.1, 0.15) is 37.1 Å². The molecule has 12 heteroatoms. The van der Waals surface area contributed by atoms with Crippen LogP contribution < -0.4 is 21.7 Å². The molecular formula is C30H38N6O6. The molecule has 0 saturated heterocycles. The average molecular weight is 579 g/mol. The van der Waals surface area contributed by atoms with Crippen LogP contribution in [0.5, 0.6) is 5.75 Å². The number of nitrogens with one attached hydrogen (secondary N) is 4. The lowest BCUT2D eigenvalue weighted by Gasteiger charge is -2.28. The van der Waals surface area contributed by atoms with Crippen LogP contribution in [0.25, 0.3) is 0 Å². The Hall–Kier alpha value is -4.71. The van der Waals surface area contributed by atoms with Gasteiger partial charge >= 0.3 is 5.97 Å². The van der Waals surface area contributed by atoms with E-state index in [0.717, 1.165) is 11.1 Å². The number of amides is 3. The fourth-order valence-corrected chi connectivity index (χ4v) is 4.35. The summed E-state index contributed by atoms with van der Waals surface area (Å²) in [5.41, 5.74) is 8.13. The lowest BCUT2D eigenvalue weighted by molar-refractivity contribution is -0.142. The van der Waals surface area contributed by atoms with Gasteiger partial charge in [-0.3, -0.25) is 14.4 Å². The molecule has 5 unspecified atom stereocenters. The molecule has 12 nitrogen and oxygen atoms in total. The van der Waals surface area contributed by atoms with E-state index in [1.807, 2.05) is 6.92 Å². The van der Waals surface area contributed by atoms with Gasteiger partial charge in [-0.25, -0.2) is 9.78 Å². The summed E-state index contributed by atoms with van der Waals surface area (Å²) in [6.45, 7) is 3.66. The number of rotatable bonds is 15. The van der Waals surface area contributed by atoms with E-state index in [0.29, 0.717) is 12.1 Å². The lowest BCUT2D eigenvalue weighted by Crippen LogP contribution is -2.59. The Morgan fingerprint density at radius 1 is 0.857 bits per heavy atom. The van der Waals surface area contributed by atoms with Gasteiger partial charge in [-0.05, 0) is 35.6 Å². The maximum atomic E-state index is 13.5. The number of carboxylic acid groups (broad SMARTS) is 1. The van der Waals surface area contributed by atoms with Crippen molar-refractivity contribution in [3.63, 3.8) is 0 Å². The third kappa shape index (κ3) is 9.44. The van der Waals surface area contributed by atoms with E-state index in [4.69, 9.17) is 5.73 Å². The first-order valence-electron chi connectivity index (χ1n) is 13.8. The number of phenolic OH excluding ortho intramolecular Hbond substituents is 1. The number of carbonyl (C=O) groups excluding carboxylic acids is 3. The van der Waals surface area contributed by atoms with Gasteiger partial charge in [-0.1, -0.05) is 62.7 Å². The lowest BCUT2D eigenvalue weighted by atomic mass is 9.96. The molecule has 0 aliphatic heterocycles. The monoisotopic (exact) mass is 578 g/mol. The Labute approximate surface area is 244 Å². The number of nitrogens with zero attached hydrogens (tertiary/aromatic N) is 1. The number of hydrogen-bond acceptors (Lipinski definition) is 7. The number of carboxylic acids is 1. The smallest absolute Gasteiger partial charge is 0.326 e. The molecule has 224 valence electrons. The van der Waals surface area contributed by atoms with Gasteiger partial charge in [0.25, 0.3) is 0 Å². The zero-order valence-corrected chi connectivity index (χ0v) is 23.6. The second-order valence-corrected chi connectivity index (χ2v) is 10.3. The maximum absolute atomic E-state index is 13.5. The third-order valence-electron chi connectivity index (χ3n) is 7.03. The van der Waals surface area contributed by atoms with Crippen molar-refractivity contribution in [2.24, 2.45) is 11.7 Å². The molecule has 3 rings (SSSR count). The van der Waals surface area contributed by atoms with Gasteiger partial charge in [-0.2, -0.15) is 0 Å². The Morgan fingerprint density at radius 3 is 2.10 bits per heavy atom. The van der Waals surface area contributed by atoms with Crippen LogP contribution in [0.2, 0.25) is 0 Å². The van der Waals surface area contributed by atoms with Crippen molar-refractivity contribution >= 4 is 23.7 Å². The second kappa shape index (κ2) is 15.3. The van der Waals surface area contributed by atoms with Crippen LogP contribution in [-0.2, 0) is 38.4 Å². The number of nitrogens with two attached hydrogens (primary N) is 1. The summed E-state index contributed by atoms with van der Waals surface area (Å²) in [7, 11) is 0. The van der Waals surface area contributed by atoms with Crippen LogP contribution in [0.3, 0.4) is 0 Å². The van der Waals surface area contributed by atoms with Crippen molar-refractivity contribution in [1.29, 1.82) is 0 Å². The van der Waals surface area contributed by atoms with E-state index in [1.165, 1.54) is 24.7 Å². The Kier molecular flexibility index (Phi) is 11.6. The van der Waals surface area contributed by atoms with Crippen LogP contribution in [0.15, 0.2) is 67.1 Å². The molecule has 0 fully saturated rings. The Balaban J connectivity index is 1.74. The molecule has 0 saturated carbocycles. The minimum atomic E-state index is -1.23. The maximum Gasteiger partial charge on any atom is 0.326 e. The molecule has 3 amide bonds. The molecule has 5 atom stereocenters. The molecule has 8 N–H and O–H groups in total. The van der Waals surface area contributed by atoms with E-state index in [9.17, 15) is 29.4 Å². The molecule has 0 aliphatic carbocycles. The number of carbonyl (C=O) groups is 4. The molecule has 0 spiro atoms. The van der Waals surface area contributed by atoms with Crippen molar-refractivity contribution < 1.29 is 29.4 Å². The number of aromatic hydroxyl groups is 1. The first-order valence-corrected chi connectivity index (χ1v) is 13.8.